The third-order valence-corrected chi connectivity index (χ3v) is 2.96. The maximum absolute atomic E-state index is 12.3. The third-order valence-electron chi connectivity index (χ3n) is 2.96. The Labute approximate surface area is 108 Å². The molecule has 1 amide bonds. The normalized spacial score (nSPS) is 10.2. The maximum atomic E-state index is 12.3. The molecule has 2 heteroatoms. The molecule has 92 valence electrons. The first-order valence-corrected chi connectivity index (χ1v) is 5.99. The van der Waals surface area contributed by atoms with Crippen molar-refractivity contribution in [2.45, 2.75) is 13.8 Å². The van der Waals surface area contributed by atoms with Gasteiger partial charge in [-0.3, -0.25) is 4.79 Å². The van der Waals surface area contributed by atoms with Crippen LogP contribution in [0.1, 0.15) is 21.5 Å². The van der Waals surface area contributed by atoms with Crippen LogP contribution in [0.25, 0.3) is 0 Å². The Hall–Kier alpha value is -2.09. The maximum Gasteiger partial charge on any atom is 0.258 e. The van der Waals surface area contributed by atoms with E-state index in [0.29, 0.717) is 0 Å². The first kappa shape index (κ1) is 12.4. The summed E-state index contributed by atoms with van der Waals surface area (Å²) in [5.41, 5.74) is 3.88. The molecule has 0 unspecified atom stereocenters. The highest BCUT2D eigenvalue weighted by atomic mass is 16.2. The van der Waals surface area contributed by atoms with Gasteiger partial charge in [0.25, 0.3) is 5.91 Å². The van der Waals surface area contributed by atoms with Crippen LogP contribution in [0.2, 0.25) is 0 Å². The largest absolute Gasteiger partial charge is 0.311 e. The van der Waals surface area contributed by atoms with Crippen molar-refractivity contribution >= 4 is 11.6 Å². The lowest BCUT2D eigenvalue weighted by atomic mass is 10.1. The number of benzene rings is 2. The third kappa shape index (κ3) is 2.59. The van der Waals surface area contributed by atoms with E-state index in [1.807, 2.05) is 62.4 Å². The first-order chi connectivity index (χ1) is 8.58. The minimum atomic E-state index is 0.0179. The molecule has 0 radical (unpaired) electrons. The molecule has 0 aliphatic carbocycles. The predicted octanol–water partition coefficient (Wildman–Crippen LogP) is 3.58. The van der Waals surface area contributed by atoms with Crippen LogP contribution in [0.4, 0.5) is 5.69 Å². The van der Waals surface area contributed by atoms with Crippen LogP contribution >= 0.6 is 0 Å². The quantitative estimate of drug-likeness (QED) is 0.784. The predicted molar refractivity (Wildman–Crippen MR) is 75.1 cm³/mol. The molecular formula is C16H17NO. The van der Waals surface area contributed by atoms with Crippen molar-refractivity contribution in [2.75, 3.05) is 11.9 Å². The van der Waals surface area contributed by atoms with Crippen molar-refractivity contribution in [3.8, 4) is 0 Å². The first-order valence-electron chi connectivity index (χ1n) is 5.99. The topological polar surface area (TPSA) is 20.3 Å². The van der Waals surface area contributed by atoms with Crippen LogP contribution in [0.3, 0.4) is 0 Å². The molecule has 0 bridgehead atoms. The Morgan fingerprint density at radius 1 is 0.944 bits per heavy atom. The molecule has 18 heavy (non-hydrogen) atoms. The van der Waals surface area contributed by atoms with E-state index in [9.17, 15) is 4.79 Å². The standard InChI is InChI=1S/C16H17NO/c1-12-6-4-8-14(10-12)16(18)17(3)15-9-5-7-13(2)11-15/h4-11H,1-3H3. The summed E-state index contributed by atoms with van der Waals surface area (Å²) in [5.74, 6) is 0.0179. The van der Waals surface area contributed by atoms with E-state index in [2.05, 4.69) is 0 Å². The molecule has 0 N–H and O–H groups in total. The van der Waals surface area contributed by atoms with E-state index in [0.717, 1.165) is 22.4 Å². The Balaban J connectivity index is 2.29. The molecule has 2 aromatic rings. The molecule has 0 spiro atoms. The van der Waals surface area contributed by atoms with E-state index in [-0.39, 0.29) is 5.91 Å². The Kier molecular flexibility index (Phi) is 3.47. The Morgan fingerprint density at radius 2 is 1.56 bits per heavy atom. The Bertz CT molecular complexity index is 575. The van der Waals surface area contributed by atoms with Crippen LogP contribution in [0.5, 0.6) is 0 Å². The molecule has 2 nitrogen and oxygen atoms in total. The van der Waals surface area contributed by atoms with Crippen molar-refractivity contribution in [3.63, 3.8) is 0 Å². The summed E-state index contributed by atoms with van der Waals surface area (Å²) in [6.45, 7) is 4.01. The number of aryl methyl sites for hydroxylation is 2. The van der Waals surface area contributed by atoms with Crippen LogP contribution in [-0.4, -0.2) is 13.0 Å². The van der Waals surface area contributed by atoms with Crippen LogP contribution in [0, 0.1) is 13.8 Å². The summed E-state index contributed by atoms with van der Waals surface area (Å²) < 4.78 is 0. The van der Waals surface area contributed by atoms with Gasteiger partial charge in [0, 0.05) is 18.3 Å². The van der Waals surface area contributed by atoms with Crippen molar-refractivity contribution in [1.82, 2.24) is 0 Å². The number of carbonyl (C=O) groups excluding carboxylic acids is 1. The molecule has 0 heterocycles. The highest BCUT2D eigenvalue weighted by Crippen LogP contribution is 2.17. The number of hydrogen-bond acceptors (Lipinski definition) is 1. The molecule has 0 saturated heterocycles. The summed E-state index contributed by atoms with van der Waals surface area (Å²) in [4.78, 5) is 14.0. The van der Waals surface area contributed by atoms with Crippen molar-refractivity contribution in [3.05, 3.63) is 65.2 Å². The van der Waals surface area contributed by atoms with Gasteiger partial charge in [-0.2, -0.15) is 0 Å². The molecule has 2 aromatic carbocycles. The lowest BCUT2D eigenvalue weighted by molar-refractivity contribution is 0.0993. The van der Waals surface area contributed by atoms with Gasteiger partial charge in [-0.15, -0.1) is 0 Å². The average Bonchev–Trinajstić information content (AvgIpc) is 2.37. The summed E-state index contributed by atoms with van der Waals surface area (Å²) in [6.07, 6.45) is 0. The fourth-order valence-corrected chi connectivity index (χ4v) is 1.93. The second-order valence-electron chi connectivity index (χ2n) is 4.57. The van der Waals surface area contributed by atoms with Gasteiger partial charge >= 0.3 is 0 Å². The zero-order valence-electron chi connectivity index (χ0n) is 11.0. The molecule has 0 fully saturated rings. The molecule has 2 rings (SSSR count). The van der Waals surface area contributed by atoms with Gasteiger partial charge in [0.2, 0.25) is 0 Å². The van der Waals surface area contributed by atoms with E-state index in [1.165, 1.54) is 0 Å². The van der Waals surface area contributed by atoms with E-state index in [1.54, 1.807) is 11.9 Å². The van der Waals surface area contributed by atoms with Gasteiger partial charge in [0.1, 0.15) is 0 Å². The summed E-state index contributed by atoms with van der Waals surface area (Å²) in [7, 11) is 1.80. The monoisotopic (exact) mass is 239 g/mol. The lowest BCUT2D eigenvalue weighted by Gasteiger charge is -2.18. The molecule has 0 aliphatic rings. The number of amides is 1. The average molecular weight is 239 g/mol. The SMILES string of the molecule is Cc1cccc(C(=O)N(C)c2cccc(C)c2)c1. The van der Waals surface area contributed by atoms with E-state index < -0.39 is 0 Å². The molecule has 0 aliphatic heterocycles. The number of anilines is 1. The highest BCUT2D eigenvalue weighted by molar-refractivity contribution is 6.05. The van der Waals surface area contributed by atoms with Gasteiger partial charge in [-0.25, -0.2) is 0 Å². The molecule has 0 atom stereocenters. The van der Waals surface area contributed by atoms with Gasteiger partial charge in [0.15, 0.2) is 0 Å². The van der Waals surface area contributed by atoms with E-state index >= 15 is 0 Å². The van der Waals surface area contributed by atoms with E-state index in [4.69, 9.17) is 0 Å². The summed E-state index contributed by atoms with van der Waals surface area (Å²) >= 11 is 0. The zero-order chi connectivity index (χ0) is 13.1. The molecular weight excluding hydrogens is 222 g/mol. The van der Waals surface area contributed by atoms with Crippen LogP contribution in [0.15, 0.2) is 48.5 Å². The summed E-state index contributed by atoms with van der Waals surface area (Å²) in [6, 6.07) is 15.6. The molecule has 0 aromatic heterocycles. The zero-order valence-corrected chi connectivity index (χ0v) is 11.0. The second-order valence-corrected chi connectivity index (χ2v) is 4.57. The number of nitrogens with zero attached hydrogens (tertiary/aromatic N) is 1. The fourth-order valence-electron chi connectivity index (χ4n) is 1.93. The van der Waals surface area contributed by atoms with Crippen molar-refractivity contribution < 1.29 is 4.79 Å². The number of hydrogen-bond donors (Lipinski definition) is 0. The van der Waals surface area contributed by atoms with Gasteiger partial charge in [-0.05, 0) is 43.7 Å². The van der Waals surface area contributed by atoms with Crippen molar-refractivity contribution in [1.29, 1.82) is 0 Å². The number of rotatable bonds is 2. The number of carbonyl (C=O) groups is 1. The van der Waals surface area contributed by atoms with Gasteiger partial charge in [0.05, 0.1) is 0 Å². The van der Waals surface area contributed by atoms with Crippen LogP contribution < -0.4 is 4.90 Å². The minimum absolute atomic E-state index is 0.0179. The summed E-state index contributed by atoms with van der Waals surface area (Å²) in [5, 5.41) is 0. The Morgan fingerprint density at radius 3 is 2.17 bits per heavy atom. The smallest absolute Gasteiger partial charge is 0.258 e. The minimum Gasteiger partial charge on any atom is -0.311 e. The fraction of sp³-hybridized carbons (Fsp3) is 0.188. The highest BCUT2D eigenvalue weighted by Gasteiger charge is 2.13. The van der Waals surface area contributed by atoms with Crippen molar-refractivity contribution in [2.24, 2.45) is 0 Å². The second kappa shape index (κ2) is 5.05. The van der Waals surface area contributed by atoms with Crippen LogP contribution in [-0.2, 0) is 0 Å². The lowest BCUT2D eigenvalue weighted by Crippen LogP contribution is -2.26. The van der Waals surface area contributed by atoms with Gasteiger partial charge < -0.3 is 4.90 Å². The molecule has 0 saturated carbocycles. The van der Waals surface area contributed by atoms with Gasteiger partial charge in [-0.1, -0.05) is 29.8 Å².